The van der Waals surface area contributed by atoms with Gasteiger partial charge in [-0.1, -0.05) is 6.92 Å². The molecule has 0 aliphatic carbocycles. The molecule has 0 amide bonds. The van der Waals surface area contributed by atoms with Gasteiger partial charge < -0.3 is 19.9 Å². The molecule has 0 saturated heterocycles. The van der Waals surface area contributed by atoms with E-state index in [4.69, 9.17) is 19.9 Å². The molecule has 2 N–H and O–H groups in total. The molecule has 0 radical (unpaired) electrons. The number of anilines is 1. The first-order valence-electron chi connectivity index (χ1n) is 5.94. The quantitative estimate of drug-likeness (QED) is 0.817. The summed E-state index contributed by atoms with van der Waals surface area (Å²) in [4.78, 5) is 0. The molecule has 94 valence electrons. The Kier molecular flexibility index (Phi) is 3.86. The summed E-state index contributed by atoms with van der Waals surface area (Å²) >= 11 is 0. The lowest BCUT2D eigenvalue weighted by molar-refractivity contribution is -0.0196. The van der Waals surface area contributed by atoms with Gasteiger partial charge in [0.25, 0.3) is 0 Å². The summed E-state index contributed by atoms with van der Waals surface area (Å²) < 4.78 is 16.5. The zero-order valence-electron chi connectivity index (χ0n) is 10.4. The van der Waals surface area contributed by atoms with Crippen LogP contribution in [0.4, 0.5) is 5.69 Å². The molecule has 0 fully saturated rings. The van der Waals surface area contributed by atoms with Gasteiger partial charge in [0.2, 0.25) is 0 Å². The predicted molar refractivity (Wildman–Crippen MR) is 65.7 cm³/mol. The summed E-state index contributed by atoms with van der Waals surface area (Å²) in [6, 6.07) is 3.80. The van der Waals surface area contributed by atoms with E-state index in [-0.39, 0.29) is 6.10 Å². The van der Waals surface area contributed by atoms with E-state index in [1.807, 2.05) is 12.1 Å². The average Bonchev–Trinajstić information content (AvgIpc) is 2.35. The molecule has 2 rings (SSSR count). The standard InChI is InChI=1S/C13H19NO3/c1-3-9(2)16-7-11-5-12(14)4-10-6-15-8-17-13(10)11/h4-5,9H,3,6-8,14H2,1-2H3. The molecule has 1 aromatic carbocycles. The van der Waals surface area contributed by atoms with Crippen LogP contribution in [0, 0.1) is 0 Å². The molecular weight excluding hydrogens is 218 g/mol. The maximum Gasteiger partial charge on any atom is 0.189 e. The Morgan fingerprint density at radius 3 is 3.06 bits per heavy atom. The Morgan fingerprint density at radius 2 is 2.29 bits per heavy atom. The molecule has 1 atom stereocenters. The lowest BCUT2D eigenvalue weighted by Crippen LogP contribution is -2.15. The van der Waals surface area contributed by atoms with Crippen molar-refractivity contribution in [3.63, 3.8) is 0 Å². The van der Waals surface area contributed by atoms with Crippen molar-refractivity contribution in [2.24, 2.45) is 0 Å². The fourth-order valence-corrected chi connectivity index (χ4v) is 1.78. The van der Waals surface area contributed by atoms with Gasteiger partial charge in [-0.2, -0.15) is 0 Å². The number of hydrogen-bond donors (Lipinski definition) is 1. The fourth-order valence-electron chi connectivity index (χ4n) is 1.78. The number of benzene rings is 1. The van der Waals surface area contributed by atoms with Crippen LogP contribution in [0.15, 0.2) is 12.1 Å². The minimum atomic E-state index is 0.243. The average molecular weight is 237 g/mol. The Labute approximate surface area is 102 Å². The van der Waals surface area contributed by atoms with E-state index in [9.17, 15) is 0 Å². The van der Waals surface area contributed by atoms with Crippen molar-refractivity contribution >= 4 is 5.69 Å². The third kappa shape index (κ3) is 2.90. The van der Waals surface area contributed by atoms with Crippen LogP contribution < -0.4 is 10.5 Å². The van der Waals surface area contributed by atoms with Gasteiger partial charge in [0.1, 0.15) is 5.75 Å². The summed E-state index contributed by atoms with van der Waals surface area (Å²) in [5.74, 6) is 0.869. The second kappa shape index (κ2) is 5.38. The third-order valence-electron chi connectivity index (χ3n) is 2.91. The Hall–Kier alpha value is -1.26. The Balaban J connectivity index is 2.17. The highest BCUT2D eigenvalue weighted by Crippen LogP contribution is 2.31. The van der Waals surface area contributed by atoms with Crippen molar-refractivity contribution < 1.29 is 14.2 Å². The lowest BCUT2D eigenvalue weighted by Gasteiger charge is -2.22. The molecule has 1 aliphatic heterocycles. The van der Waals surface area contributed by atoms with Crippen LogP contribution in [0.5, 0.6) is 5.75 Å². The van der Waals surface area contributed by atoms with E-state index in [1.165, 1.54) is 0 Å². The summed E-state index contributed by atoms with van der Waals surface area (Å²) in [5.41, 5.74) is 8.58. The SMILES string of the molecule is CCC(C)OCc1cc(N)cc2c1OCOC2. The molecule has 17 heavy (non-hydrogen) atoms. The highest BCUT2D eigenvalue weighted by Gasteiger charge is 2.16. The van der Waals surface area contributed by atoms with Crippen LogP contribution in [0.1, 0.15) is 31.4 Å². The van der Waals surface area contributed by atoms with Crippen molar-refractivity contribution in [1.29, 1.82) is 0 Å². The maximum atomic E-state index is 5.85. The van der Waals surface area contributed by atoms with Crippen molar-refractivity contribution in [2.45, 2.75) is 39.6 Å². The highest BCUT2D eigenvalue weighted by atomic mass is 16.7. The number of nitrogens with two attached hydrogens (primary N) is 1. The molecule has 0 bridgehead atoms. The first-order chi connectivity index (χ1) is 8.20. The van der Waals surface area contributed by atoms with Crippen LogP contribution in [-0.2, 0) is 22.7 Å². The molecular formula is C13H19NO3. The second-order valence-corrected chi connectivity index (χ2v) is 4.31. The predicted octanol–water partition coefficient (Wildman–Crippen LogP) is 2.45. The lowest BCUT2D eigenvalue weighted by atomic mass is 10.1. The minimum absolute atomic E-state index is 0.243. The normalized spacial score (nSPS) is 16.1. The molecule has 1 unspecified atom stereocenters. The molecule has 0 spiro atoms. The molecule has 4 heteroatoms. The van der Waals surface area contributed by atoms with Crippen molar-refractivity contribution in [1.82, 2.24) is 0 Å². The van der Waals surface area contributed by atoms with E-state index >= 15 is 0 Å². The van der Waals surface area contributed by atoms with Gasteiger partial charge in [0.15, 0.2) is 6.79 Å². The van der Waals surface area contributed by atoms with Gasteiger partial charge >= 0.3 is 0 Å². The van der Waals surface area contributed by atoms with Gasteiger partial charge in [-0.3, -0.25) is 0 Å². The zero-order chi connectivity index (χ0) is 12.3. The van der Waals surface area contributed by atoms with E-state index in [0.717, 1.165) is 29.0 Å². The van der Waals surface area contributed by atoms with Crippen molar-refractivity contribution in [3.05, 3.63) is 23.3 Å². The van der Waals surface area contributed by atoms with Gasteiger partial charge in [-0.05, 0) is 25.5 Å². The molecule has 1 aliphatic rings. The smallest absolute Gasteiger partial charge is 0.189 e. The third-order valence-corrected chi connectivity index (χ3v) is 2.91. The second-order valence-electron chi connectivity index (χ2n) is 4.31. The van der Waals surface area contributed by atoms with Crippen LogP contribution in [-0.4, -0.2) is 12.9 Å². The first-order valence-corrected chi connectivity index (χ1v) is 5.94. The summed E-state index contributed by atoms with van der Waals surface area (Å²) in [5, 5.41) is 0. The fraction of sp³-hybridized carbons (Fsp3) is 0.538. The number of fused-ring (bicyclic) bond motifs is 1. The monoisotopic (exact) mass is 237 g/mol. The van der Waals surface area contributed by atoms with Crippen LogP contribution in [0.3, 0.4) is 0 Å². The van der Waals surface area contributed by atoms with E-state index in [2.05, 4.69) is 13.8 Å². The molecule has 1 heterocycles. The molecule has 0 saturated carbocycles. The van der Waals surface area contributed by atoms with Crippen LogP contribution in [0.2, 0.25) is 0 Å². The maximum absolute atomic E-state index is 5.85. The summed E-state index contributed by atoms with van der Waals surface area (Å²) in [7, 11) is 0. The number of nitrogen functional groups attached to an aromatic ring is 1. The largest absolute Gasteiger partial charge is 0.467 e. The number of ether oxygens (including phenoxy) is 3. The van der Waals surface area contributed by atoms with Gasteiger partial charge in [0.05, 0.1) is 19.3 Å². The zero-order valence-corrected chi connectivity index (χ0v) is 10.4. The Bertz CT molecular complexity index is 392. The van der Waals surface area contributed by atoms with E-state index in [0.29, 0.717) is 20.0 Å². The van der Waals surface area contributed by atoms with Gasteiger partial charge in [-0.25, -0.2) is 0 Å². The van der Waals surface area contributed by atoms with Crippen molar-refractivity contribution in [2.75, 3.05) is 12.5 Å². The van der Waals surface area contributed by atoms with E-state index in [1.54, 1.807) is 0 Å². The van der Waals surface area contributed by atoms with Crippen molar-refractivity contribution in [3.8, 4) is 5.75 Å². The molecule has 0 aromatic heterocycles. The topological polar surface area (TPSA) is 53.7 Å². The number of rotatable bonds is 4. The molecule has 1 aromatic rings. The summed E-state index contributed by atoms with van der Waals surface area (Å²) in [6.45, 7) is 5.54. The first kappa shape index (κ1) is 12.2. The number of hydrogen-bond acceptors (Lipinski definition) is 4. The van der Waals surface area contributed by atoms with Crippen LogP contribution in [0.25, 0.3) is 0 Å². The minimum Gasteiger partial charge on any atom is -0.467 e. The van der Waals surface area contributed by atoms with Gasteiger partial charge in [-0.15, -0.1) is 0 Å². The van der Waals surface area contributed by atoms with E-state index < -0.39 is 0 Å². The highest BCUT2D eigenvalue weighted by molar-refractivity contribution is 5.53. The van der Waals surface area contributed by atoms with Crippen LogP contribution >= 0.6 is 0 Å². The summed E-state index contributed by atoms with van der Waals surface area (Å²) in [6.07, 6.45) is 1.24. The van der Waals surface area contributed by atoms with Gasteiger partial charge in [0, 0.05) is 16.8 Å². The Morgan fingerprint density at radius 1 is 1.47 bits per heavy atom. The molecule has 4 nitrogen and oxygen atoms in total.